The predicted molar refractivity (Wildman–Crippen MR) is 55.0 cm³/mol. The van der Waals surface area contributed by atoms with Gasteiger partial charge in [-0.25, -0.2) is 4.79 Å². The van der Waals surface area contributed by atoms with Crippen molar-refractivity contribution in [2.24, 2.45) is 0 Å². The monoisotopic (exact) mass is 267 g/mol. The summed E-state index contributed by atoms with van der Waals surface area (Å²) < 4.78 is 25.9. The van der Waals surface area contributed by atoms with Crippen LogP contribution in [0, 0.1) is 0 Å². The molecule has 0 fully saturated rings. The third-order valence-corrected chi connectivity index (χ3v) is 3.01. The molecule has 0 radical (unpaired) electrons. The van der Waals surface area contributed by atoms with E-state index in [2.05, 4.69) is 4.74 Å². The molecule has 0 aliphatic carbocycles. The van der Waals surface area contributed by atoms with E-state index >= 15 is 0 Å². The molecule has 15 heavy (non-hydrogen) atoms. The third-order valence-electron chi connectivity index (χ3n) is 1.59. The van der Waals surface area contributed by atoms with Gasteiger partial charge in [-0.3, -0.25) is 4.21 Å². The van der Waals surface area contributed by atoms with E-state index in [-0.39, 0.29) is 20.5 Å². The second-order valence-corrected chi connectivity index (χ2v) is 4.22. The number of hydrogen-bond donors (Lipinski definition) is 0. The Labute approximate surface area is 98.4 Å². The first kappa shape index (κ1) is 12.4. The lowest BCUT2D eigenvalue weighted by Crippen LogP contribution is -2.04. The molecule has 1 aromatic rings. The Bertz CT molecular complexity index is 433. The average molecular weight is 268 g/mol. The van der Waals surface area contributed by atoms with Crippen molar-refractivity contribution in [3.8, 4) is 0 Å². The van der Waals surface area contributed by atoms with Crippen molar-refractivity contribution in [1.82, 2.24) is 0 Å². The molecule has 0 amide bonds. The van der Waals surface area contributed by atoms with Gasteiger partial charge in [0.25, 0.3) is 0 Å². The predicted octanol–water partition coefficient (Wildman–Crippen LogP) is 2.02. The molecule has 0 heterocycles. The van der Waals surface area contributed by atoms with Gasteiger partial charge in [0.15, 0.2) is 0 Å². The molecule has 1 unspecified atom stereocenters. The van der Waals surface area contributed by atoms with Crippen LogP contribution in [0.4, 0.5) is 0 Å². The number of esters is 1. The molecule has 0 spiro atoms. The maximum absolute atomic E-state index is 11.2. The second-order valence-electron chi connectivity index (χ2n) is 2.49. The van der Waals surface area contributed by atoms with Gasteiger partial charge in [-0.2, -0.15) is 0 Å². The fraction of sp³-hybridized carbons (Fsp3) is 0.125. The molecule has 1 rings (SSSR count). The molecule has 0 saturated carbocycles. The summed E-state index contributed by atoms with van der Waals surface area (Å²) in [5.74, 6) is -0.741. The molecule has 4 nitrogen and oxygen atoms in total. The summed E-state index contributed by atoms with van der Waals surface area (Å²) in [6, 6.07) is 2.39. The highest BCUT2D eigenvalue weighted by Crippen LogP contribution is 2.28. The van der Waals surface area contributed by atoms with E-state index in [4.69, 9.17) is 23.2 Å². The Morgan fingerprint density at radius 1 is 1.47 bits per heavy atom. The fourth-order valence-corrected chi connectivity index (χ4v) is 2.08. The normalized spacial score (nSPS) is 12.3. The molecule has 0 aromatic heterocycles. The van der Waals surface area contributed by atoms with Gasteiger partial charge in [0, 0.05) is 9.92 Å². The lowest BCUT2D eigenvalue weighted by Gasteiger charge is -2.11. The molecule has 82 valence electrons. The number of methoxy groups -OCH3 is 1. The number of ether oxygens (including phenoxy) is 1. The molecule has 0 aliphatic rings. The van der Waals surface area contributed by atoms with Crippen LogP contribution in [0.25, 0.3) is 0 Å². The maximum atomic E-state index is 11.2. The minimum Gasteiger partial charge on any atom is -0.768 e. The SMILES string of the molecule is COC(=O)c1cc(Cl)cc(S(=O)[O-])c1Cl. The van der Waals surface area contributed by atoms with Gasteiger partial charge in [-0.05, 0) is 23.2 Å². The van der Waals surface area contributed by atoms with Gasteiger partial charge in [0.1, 0.15) is 0 Å². The van der Waals surface area contributed by atoms with Crippen LogP contribution >= 0.6 is 23.2 Å². The standard InChI is InChI=1S/C8H6Cl2O4S/c1-14-8(11)5-2-4(9)3-6(7(5)10)15(12)13/h2-3H,1H3,(H,12,13)/p-1. The Morgan fingerprint density at radius 3 is 2.53 bits per heavy atom. The molecule has 0 N–H and O–H groups in total. The molecule has 0 saturated heterocycles. The lowest BCUT2D eigenvalue weighted by atomic mass is 10.2. The van der Waals surface area contributed by atoms with Crippen molar-refractivity contribution in [2.75, 3.05) is 7.11 Å². The van der Waals surface area contributed by atoms with Gasteiger partial charge < -0.3 is 9.29 Å². The molecule has 0 aliphatic heterocycles. The second kappa shape index (κ2) is 4.94. The van der Waals surface area contributed by atoms with Crippen molar-refractivity contribution in [3.63, 3.8) is 0 Å². The quantitative estimate of drug-likeness (QED) is 0.608. The van der Waals surface area contributed by atoms with Crippen molar-refractivity contribution in [3.05, 3.63) is 27.7 Å². The summed E-state index contributed by atoms with van der Waals surface area (Å²) in [6.45, 7) is 0. The summed E-state index contributed by atoms with van der Waals surface area (Å²) in [4.78, 5) is 11.0. The fourth-order valence-electron chi connectivity index (χ4n) is 0.944. The highest BCUT2D eigenvalue weighted by atomic mass is 35.5. The highest BCUT2D eigenvalue weighted by Gasteiger charge is 2.15. The van der Waals surface area contributed by atoms with Gasteiger partial charge in [0.2, 0.25) is 0 Å². The summed E-state index contributed by atoms with van der Waals surface area (Å²) in [5.41, 5.74) is -0.0779. The van der Waals surface area contributed by atoms with Crippen LogP contribution in [0.5, 0.6) is 0 Å². The summed E-state index contributed by atoms with van der Waals surface area (Å²) >= 11 is 8.77. The Kier molecular flexibility index (Phi) is 4.10. The van der Waals surface area contributed by atoms with Crippen LogP contribution in [0.15, 0.2) is 17.0 Å². The van der Waals surface area contributed by atoms with E-state index in [0.29, 0.717) is 0 Å². The zero-order valence-corrected chi connectivity index (χ0v) is 9.78. The zero-order valence-electron chi connectivity index (χ0n) is 7.45. The van der Waals surface area contributed by atoms with E-state index in [9.17, 15) is 13.6 Å². The topological polar surface area (TPSA) is 66.4 Å². The largest absolute Gasteiger partial charge is 0.768 e. The summed E-state index contributed by atoms with van der Waals surface area (Å²) in [6.07, 6.45) is 0. The average Bonchev–Trinajstić information content (AvgIpc) is 2.19. The first-order valence-corrected chi connectivity index (χ1v) is 5.47. The Balaban J connectivity index is 3.41. The highest BCUT2D eigenvalue weighted by molar-refractivity contribution is 7.79. The number of hydrogen-bond acceptors (Lipinski definition) is 4. The molecular formula is C8H5Cl2O4S-. The lowest BCUT2D eigenvalue weighted by molar-refractivity contribution is 0.0600. The number of carbonyl (C=O) groups is 1. The number of carbonyl (C=O) groups excluding carboxylic acids is 1. The van der Waals surface area contributed by atoms with E-state index in [1.165, 1.54) is 6.07 Å². The molecular weight excluding hydrogens is 263 g/mol. The van der Waals surface area contributed by atoms with Gasteiger partial charge in [-0.15, -0.1) is 0 Å². The van der Waals surface area contributed by atoms with Gasteiger partial charge in [0.05, 0.1) is 17.7 Å². The van der Waals surface area contributed by atoms with Crippen LogP contribution in [0.1, 0.15) is 10.4 Å². The van der Waals surface area contributed by atoms with Gasteiger partial charge in [-0.1, -0.05) is 23.2 Å². The van der Waals surface area contributed by atoms with Crippen LogP contribution in [0.3, 0.4) is 0 Å². The number of benzene rings is 1. The van der Waals surface area contributed by atoms with Crippen LogP contribution in [0.2, 0.25) is 10.0 Å². The number of rotatable bonds is 2. The molecule has 0 bridgehead atoms. The Hall–Kier alpha value is -0.620. The maximum Gasteiger partial charge on any atom is 0.339 e. The minimum atomic E-state index is -2.55. The van der Waals surface area contributed by atoms with Crippen LogP contribution < -0.4 is 0 Å². The minimum absolute atomic E-state index is 0.0779. The van der Waals surface area contributed by atoms with Gasteiger partial charge >= 0.3 is 5.97 Å². The third kappa shape index (κ3) is 2.69. The summed E-state index contributed by atoms with van der Waals surface area (Å²) in [7, 11) is 1.16. The van der Waals surface area contributed by atoms with E-state index in [0.717, 1.165) is 13.2 Å². The zero-order chi connectivity index (χ0) is 11.6. The first-order chi connectivity index (χ1) is 6.97. The first-order valence-electron chi connectivity index (χ1n) is 3.64. The van der Waals surface area contributed by atoms with E-state index in [1.807, 2.05) is 0 Å². The van der Waals surface area contributed by atoms with Crippen molar-refractivity contribution < 1.29 is 18.3 Å². The van der Waals surface area contributed by atoms with Crippen LogP contribution in [-0.4, -0.2) is 21.8 Å². The van der Waals surface area contributed by atoms with Crippen molar-refractivity contribution in [2.45, 2.75) is 4.90 Å². The Morgan fingerprint density at radius 2 is 2.07 bits per heavy atom. The van der Waals surface area contributed by atoms with E-state index < -0.39 is 17.0 Å². The summed E-state index contributed by atoms with van der Waals surface area (Å²) in [5, 5.41) is -0.0985. The smallest absolute Gasteiger partial charge is 0.339 e. The van der Waals surface area contributed by atoms with E-state index in [1.54, 1.807) is 0 Å². The molecule has 7 heteroatoms. The number of halogens is 2. The molecule has 1 atom stereocenters. The van der Waals surface area contributed by atoms with Crippen molar-refractivity contribution in [1.29, 1.82) is 0 Å². The van der Waals surface area contributed by atoms with Crippen LogP contribution in [-0.2, 0) is 15.8 Å². The van der Waals surface area contributed by atoms with Crippen molar-refractivity contribution >= 4 is 40.3 Å². The molecule has 1 aromatic carbocycles.